The van der Waals surface area contributed by atoms with E-state index in [2.05, 4.69) is 34.3 Å². The predicted octanol–water partition coefficient (Wildman–Crippen LogP) is 3.18. The lowest BCUT2D eigenvalue weighted by molar-refractivity contribution is -0.119. The Balaban J connectivity index is 1.89. The average Bonchev–Trinajstić information content (AvgIpc) is 3.00. The zero-order valence-corrected chi connectivity index (χ0v) is 14.0. The van der Waals surface area contributed by atoms with Crippen LogP contribution in [0.4, 0.5) is 0 Å². The summed E-state index contributed by atoms with van der Waals surface area (Å²) < 4.78 is 0. The molecule has 2 N–H and O–H groups in total. The number of aromatic amines is 1. The first-order chi connectivity index (χ1) is 10.6. The molecule has 0 aliphatic heterocycles. The van der Waals surface area contributed by atoms with Crippen LogP contribution in [-0.2, 0) is 4.79 Å². The number of carbonyl (C=O) groups excluding carboxylic acids is 1. The highest BCUT2D eigenvalue weighted by Crippen LogP contribution is 2.19. The van der Waals surface area contributed by atoms with E-state index in [4.69, 9.17) is 0 Å². The van der Waals surface area contributed by atoms with Crippen molar-refractivity contribution in [2.45, 2.75) is 44.8 Å². The van der Waals surface area contributed by atoms with Crippen LogP contribution < -0.4 is 5.32 Å². The summed E-state index contributed by atoms with van der Waals surface area (Å²) in [5.74, 6) is 1.09. The van der Waals surface area contributed by atoms with E-state index in [1.165, 1.54) is 17.3 Å². The molecule has 118 valence electrons. The van der Waals surface area contributed by atoms with Crippen molar-refractivity contribution in [2.75, 3.05) is 5.75 Å². The minimum Gasteiger partial charge on any atom is -0.353 e. The van der Waals surface area contributed by atoms with Gasteiger partial charge in [-0.25, -0.2) is 4.98 Å². The zero-order valence-electron chi connectivity index (χ0n) is 13.2. The van der Waals surface area contributed by atoms with E-state index in [1.807, 2.05) is 31.2 Å². The molecule has 2 rings (SSSR count). The predicted molar refractivity (Wildman–Crippen MR) is 89.8 cm³/mol. The normalized spacial score (nSPS) is 10.9. The summed E-state index contributed by atoms with van der Waals surface area (Å²) in [4.78, 5) is 16.3. The fourth-order valence-corrected chi connectivity index (χ4v) is 2.65. The third-order valence-corrected chi connectivity index (χ3v) is 4.32. The second-order valence-electron chi connectivity index (χ2n) is 5.20. The molecule has 0 aliphatic carbocycles. The molecule has 1 aromatic carbocycles. The molecule has 6 heteroatoms. The highest BCUT2D eigenvalue weighted by Gasteiger charge is 2.11. The van der Waals surface area contributed by atoms with E-state index in [0.717, 1.165) is 24.2 Å². The highest BCUT2D eigenvalue weighted by molar-refractivity contribution is 7.99. The molecular weight excluding hydrogens is 296 g/mol. The van der Waals surface area contributed by atoms with Crippen LogP contribution in [0.2, 0.25) is 0 Å². The first-order valence-electron chi connectivity index (χ1n) is 7.54. The number of rotatable bonds is 7. The maximum Gasteiger partial charge on any atom is 0.230 e. The maximum absolute atomic E-state index is 11.9. The Hall–Kier alpha value is -1.82. The molecule has 1 aromatic heterocycles. The molecule has 0 aliphatic rings. The van der Waals surface area contributed by atoms with Gasteiger partial charge in [0.25, 0.3) is 0 Å². The third-order valence-electron chi connectivity index (χ3n) is 3.47. The molecule has 5 nitrogen and oxygen atoms in total. The molecule has 0 saturated carbocycles. The van der Waals surface area contributed by atoms with Gasteiger partial charge in [-0.3, -0.25) is 9.89 Å². The number of aryl methyl sites for hydroxylation is 1. The van der Waals surface area contributed by atoms with Crippen LogP contribution in [0, 0.1) is 6.92 Å². The van der Waals surface area contributed by atoms with Gasteiger partial charge in [-0.15, -0.1) is 5.10 Å². The van der Waals surface area contributed by atoms with Gasteiger partial charge >= 0.3 is 0 Å². The summed E-state index contributed by atoms with van der Waals surface area (Å²) in [5.41, 5.74) is 2.20. The van der Waals surface area contributed by atoms with E-state index >= 15 is 0 Å². The van der Waals surface area contributed by atoms with Gasteiger partial charge in [0.05, 0.1) is 5.75 Å². The Bertz CT molecular complexity index is 605. The Kier molecular flexibility index (Phi) is 6.00. The maximum atomic E-state index is 11.9. The number of nitrogens with zero attached hydrogens (tertiary/aromatic N) is 2. The van der Waals surface area contributed by atoms with Gasteiger partial charge in [0.2, 0.25) is 11.1 Å². The lowest BCUT2D eigenvalue weighted by Gasteiger charge is -2.13. The number of hydrogen-bond acceptors (Lipinski definition) is 4. The van der Waals surface area contributed by atoms with Crippen molar-refractivity contribution in [1.82, 2.24) is 20.5 Å². The lowest BCUT2D eigenvalue weighted by atomic mass is 10.1. The number of amides is 1. The monoisotopic (exact) mass is 318 g/mol. The van der Waals surface area contributed by atoms with Crippen molar-refractivity contribution in [2.24, 2.45) is 0 Å². The van der Waals surface area contributed by atoms with Crippen LogP contribution in [0.3, 0.4) is 0 Å². The largest absolute Gasteiger partial charge is 0.353 e. The van der Waals surface area contributed by atoms with Gasteiger partial charge in [-0.2, -0.15) is 0 Å². The molecule has 0 saturated heterocycles. The number of aromatic nitrogens is 3. The van der Waals surface area contributed by atoms with Gasteiger partial charge in [-0.1, -0.05) is 55.4 Å². The SMILES string of the molecule is CCC(CC)NC(=O)CSc1n[nH]c(-c2ccc(C)cc2)n1. The summed E-state index contributed by atoms with van der Waals surface area (Å²) in [7, 11) is 0. The standard InChI is InChI=1S/C16H22N4OS/c1-4-13(5-2)17-14(21)10-22-16-18-15(19-20-16)12-8-6-11(3)7-9-12/h6-9,13H,4-5,10H2,1-3H3,(H,17,21)(H,18,19,20). The topological polar surface area (TPSA) is 70.7 Å². The average molecular weight is 318 g/mol. The minimum atomic E-state index is 0.0281. The number of benzene rings is 1. The quantitative estimate of drug-likeness (QED) is 0.769. The molecule has 0 unspecified atom stereocenters. The zero-order chi connectivity index (χ0) is 15.9. The van der Waals surface area contributed by atoms with E-state index < -0.39 is 0 Å². The van der Waals surface area contributed by atoms with Crippen molar-refractivity contribution in [3.8, 4) is 11.4 Å². The first-order valence-corrected chi connectivity index (χ1v) is 8.52. The van der Waals surface area contributed by atoms with Crippen molar-refractivity contribution in [3.05, 3.63) is 29.8 Å². The summed E-state index contributed by atoms with van der Waals surface area (Å²) >= 11 is 1.34. The highest BCUT2D eigenvalue weighted by atomic mass is 32.2. The van der Waals surface area contributed by atoms with Crippen LogP contribution in [0.5, 0.6) is 0 Å². The van der Waals surface area contributed by atoms with Crippen LogP contribution >= 0.6 is 11.8 Å². The molecule has 1 heterocycles. The molecule has 22 heavy (non-hydrogen) atoms. The van der Waals surface area contributed by atoms with E-state index in [-0.39, 0.29) is 11.9 Å². The van der Waals surface area contributed by atoms with E-state index in [1.54, 1.807) is 0 Å². The summed E-state index contributed by atoms with van der Waals surface area (Å²) in [5, 5.41) is 10.7. The Morgan fingerprint density at radius 3 is 2.59 bits per heavy atom. The van der Waals surface area contributed by atoms with Gasteiger partial charge < -0.3 is 5.32 Å². The molecule has 0 spiro atoms. The number of hydrogen-bond donors (Lipinski definition) is 2. The second-order valence-corrected chi connectivity index (χ2v) is 6.14. The Morgan fingerprint density at radius 1 is 1.27 bits per heavy atom. The van der Waals surface area contributed by atoms with E-state index in [0.29, 0.717) is 10.9 Å². The molecule has 0 atom stereocenters. The lowest BCUT2D eigenvalue weighted by Crippen LogP contribution is -2.35. The van der Waals surface area contributed by atoms with Crippen molar-refractivity contribution >= 4 is 17.7 Å². The fraction of sp³-hybridized carbons (Fsp3) is 0.438. The molecule has 0 bridgehead atoms. The first kappa shape index (κ1) is 16.5. The Morgan fingerprint density at radius 2 is 1.95 bits per heavy atom. The van der Waals surface area contributed by atoms with Gasteiger partial charge in [0.15, 0.2) is 5.82 Å². The second kappa shape index (κ2) is 7.98. The van der Waals surface area contributed by atoms with Gasteiger partial charge in [0, 0.05) is 11.6 Å². The molecular formula is C16H22N4OS. The molecule has 0 fully saturated rings. The van der Waals surface area contributed by atoms with Crippen molar-refractivity contribution < 1.29 is 4.79 Å². The third kappa shape index (κ3) is 4.59. The Labute approximate surface area is 135 Å². The number of carbonyl (C=O) groups is 1. The number of thioether (sulfide) groups is 1. The minimum absolute atomic E-state index is 0.0281. The van der Waals surface area contributed by atoms with Crippen LogP contribution in [0.25, 0.3) is 11.4 Å². The molecule has 1 amide bonds. The smallest absolute Gasteiger partial charge is 0.230 e. The van der Waals surface area contributed by atoms with Crippen LogP contribution in [0.15, 0.2) is 29.4 Å². The number of H-pyrrole nitrogens is 1. The number of nitrogens with one attached hydrogen (secondary N) is 2. The molecule has 2 aromatic rings. The fourth-order valence-electron chi connectivity index (χ4n) is 2.04. The summed E-state index contributed by atoms with van der Waals surface area (Å²) in [6.07, 6.45) is 1.90. The van der Waals surface area contributed by atoms with Gasteiger partial charge in [-0.05, 0) is 19.8 Å². The van der Waals surface area contributed by atoms with Crippen molar-refractivity contribution in [3.63, 3.8) is 0 Å². The summed E-state index contributed by atoms with van der Waals surface area (Å²) in [6, 6.07) is 8.33. The molecule has 0 radical (unpaired) electrons. The van der Waals surface area contributed by atoms with Crippen molar-refractivity contribution in [1.29, 1.82) is 0 Å². The van der Waals surface area contributed by atoms with Crippen LogP contribution in [-0.4, -0.2) is 32.9 Å². The summed E-state index contributed by atoms with van der Waals surface area (Å²) in [6.45, 7) is 6.19. The van der Waals surface area contributed by atoms with Crippen LogP contribution in [0.1, 0.15) is 32.3 Å². The van der Waals surface area contributed by atoms with E-state index in [9.17, 15) is 4.79 Å². The van der Waals surface area contributed by atoms with Gasteiger partial charge in [0.1, 0.15) is 0 Å².